The minimum Gasteiger partial charge on any atom is -0.287 e. The second-order valence-corrected chi connectivity index (χ2v) is 5.67. The van der Waals surface area contributed by atoms with Gasteiger partial charge in [-0.1, -0.05) is 30.3 Å². The lowest BCUT2D eigenvalue weighted by atomic mass is 9.99. The molecule has 2 heteroatoms. The van der Waals surface area contributed by atoms with E-state index in [1.54, 1.807) is 0 Å². The number of hydrogen-bond donors (Lipinski definition) is 0. The van der Waals surface area contributed by atoms with Gasteiger partial charge in [0, 0.05) is 12.3 Å². The summed E-state index contributed by atoms with van der Waals surface area (Å²) in [4.78, 5) is 4.65. The van der Waals surface area contributed by atoms with Gasteiger partial charge in [0.15, 0.2) is 0 Å². The van der Waals surface area contributed by atoms with Crippen LogP contribution in [0, 0.1) is 0 Å². The third kappa shape index (κ3) is 1.85. The topological polar surface area (TPSA) is 12.4 Å². The molecule has 0 aliphatic carbocycles. The first-order chi connectivity index (χ1) is 6.70. The molecule has 1 aromatic rings. The first-order valence-electron chi connectivity index (χ1n) is 4.94. The van der Waals surface area contributed by atoms with Crippen LogP contribution in [0.15, 0.2) is 35.3 Å². The normalized spacial score (nSPS) is 20.3. The van der Waals surface area contributed by atoms with E-state index in [9.17, 15) is 0 Å². The molecule has 0 aromatic heterocycles. The molecule has 74 valence electrons. The lowest BCUT2D eigenvalue weighted by molar-refractivity contribution is 0.909. The highest BCUT2D eigenvalue weighted by atomic mass is 32.2. The molecule has 1 aromatic carbocycles. The van der Waals surface area contributed by atoms with Crippen molar-refractivity contribution >= 4 is 17.5 Å². The van der Waals surface area contributed by atoms with Crippen molar-refractivity contribution in [2.24, 2.45) is 4.99 Å². The zero-order valence-electron chi connectivity index (χ0n) is 8.66. The number of benzene rings is 1. The van der Waals surface area contributed by atoms with Gasteiger partial charge in [0.1, 0.15) is 0 Å². The minimum atomic E-state index is 0.166. The number of hydrogen-bond acceptors (Lipinski definition) is 2. The molecule has 14 heavy (non-hydrogen) atoms. The molecule has 2 rings (SSSR count). The van der Waals surface area contributed by atoms with Gasteiger partial charge in [-0.05, 0) is 19.4 Å². The quantitative estimate of drug-likeness (QED) is 0.686. The van der Waals surface area contributed by atoms with E-state index < -0.39 is 0 Å². The van der Waals surface area contributed by atoms with E-state index >= 15 is 0 Å². The van der Waals surface area contributed by atoms with Crippen LogP contribution < -0.4 is 0 Å². The fourth-order valence-corrected chi connectivity index (χ4v) is 2.76. The summed E-state index contributed by atoms with van der Waals surface area (Å²) in [5.74, 6) is 1.14. The lowest BCUT2D eigenvalue weighted by Crippen LogP contribution is -2.33. The average molecular weight is 205 g/mol. The molecule has 0 amide bonds. The van der Waals surface area contributed by atoms with Gasteiger partial charge >= 0.3 is 0 Å². The fraction of sp³-hybridized carbons (Fsp3) is 0.417. The van der Waals surface area contributed by atoms with Crippen molar-refractivity contribution in [1.82, 2.24) is 0 Å². The Bertz CT molecular complexity index is 341. The highest BCUT2D eigenvalue weighted by Gasteiger charge is 2.28. The molecule has 0 bridgehead atoms. The lowest BCUT2D eigenvalue weighted by Gasteiger charge is -2.30. The predicted molar refractivity (Wildman–Crippen MR) is 64.4 cm³/mol. The van der Waals surface area contributed by atoms with Gasteiger partial charge < -0.3 is 0 Å². The Hall–Kier alpha value is -0.760. The minimum absolute atomic E-state index is 0.166. The first kappa shape index (κ1) is 9.78. The van der Waals surface area contributed by atoms with Crippen LogP contribution in [0.2, 0.25) is 0 Å². The predicted octanol–water partition coefficient (Wildman–Crippen LogP) is 3.00. The molecular weight excluding hydrogens is 190 g/mol. The van der Waals surface area contributed by atoms with Crippen LogP contribution in [0.4, 0.5) is 0 Å². The number of rotatable bonds is 1. The molecule has 1 aliphatic heterocycles. The van der Waals surface area contributed by atoms with Gasteiger partial charge in [-0.2, -0.15) is 0 Å². The Morgan fingerprint density at radius 1 is 1.21 bits per heavy atom. The van der Waals surface area contributed by atoms with Crippen LogP contribution in [0.5, 0.6) is 0 Å². The molecule has 0 saturated heterocycles. The molecule has 1 nitrogen and oxygen atoms in total. The van der Waals surface area contributed by atoms with Crippen LogP contribution in [0.1, 0.15) is 19.4 Å². The zero-order chi connectivity index (χ0) is 10.0. The molecule has 0 atom stereocenters. The average Bonchev–Trinajstić information content (AvgIpc) is 2.18. The summed E-state index contributed by atoms with van der Waals surface area (Å²) >= 11 is 1.99. The molecule has 1 heterocycles. The second-order valence-electron chi connectivity index (χ2n) is 3.96. The molecule has 1 aliphatic rings. The summed E-state index contributed by atoms with van der Waals surface area (Å²) in [5, 5.41) is 0. The van der Waals surface area contributed by atoms with Gasteiger partial charge in [-0.15, -0.1) is 11.8 Å². The third-order valence-electron chi connectivity index (χ3n) is 2.44. The van der Waals surface area contributed by atoms with E-state index in [0.29, 0.717) is 0 Å². The van der Waals surface area contributed by atoms with E-state index in [1.807, 2.05) is 17.8 Å². The maximum atomic E-state index is 4.65. The van der Waals surface area contributed by atoms with Crippen LogP contribution >= 0.6 is 11.8 Å². The van der Waals surface area contributed by atoms with Crippen LogP contribution in [0.25, 0.3) is 0 Å². The standard InChI is InChI=1S/C12H15NS/c1-12(2)11(13-8-9-14-12)10-6-4-3-5-7-10/h3-7H,8-9H2,1-2H3. The molecule has 0 unspecified atom stereocenters. The monoisotopic (exact) mass is 205 g/mol. The van der Waals surface area contributed by atoms with Crippen molar-refractivity contribution in [1.29, 1.82) is 0 Å². The smallest absolute Gasteiger partial charge is 0.0576 e. The first-order valence-corrected chi connectivity index (χ1v) is 5.93. The third-order valence-corrected chi connectivity index (χ3v) is 3.74. The number of thioether (sulfide) groups is 1. The van der Waals surface area contributed by atoms with Crippen molar-refractivity contribution in [3.05, 3.63) is 35.9 Å². The van der Waals surface area contributed by atoms with Gasteiger partial charge in [0.05, 0.1) is 10.5 Å². The molecule has 0 saturated carbocycles. The van der Waals surface area contributed by atoms with Gasteiger partial charge in [-0.3, -0.25) is 4.99 Å². The van der Waals surface area contributed by atoms with Crippen LogP contribution in [0.3, 0.4) is 0 Å². The maximum Gasteiger partial charge on any atom is 0.0576 e. The highest BCUT2D eigenvalue weighted by Crippen LogP contribution is 2.32. The highest BCUT2D eigenvalue weighted by molar-refractivity contribution is 8.01. The summed E-state index contributed by atoms with van der Waals surface area (Å²) < 4.78 is 0.166. The number of nitrogens with zero attached hydrogens (tertiary/aromatic N) is 1. The van der Waals surface area contributed by atoms with Crippen molar-refractivity contribution in [2.75, 3.05) is 12.3 Å². The Balaban J connectivity index is 2.38. The van der Waals surface area contributed by atoms with E-state index in [-0.39, 0.29) is 4.75 Å². The SMILES string of the molecule is CC1(C)SCCN=C1c1ccccc1. The van der Waals surface area contributed by atoms with E-state index in [1.165, 1.54) is 11.3 Å². The Labute approximate surface area is 89.6 Å². The van der Waals surface area contributed by atoms with E-state index in [0.717, 1.165) is 12.3 Å². The molecule has 0 spiro atoms. The van der Waals surface area contributed by atoms with Crippen molar-refractivity contribution in [2.45, 2.75) is 18.6 Å². The van der Waals surface area contributed by atoms with E-state index in [4.69, 9.17) is 0 Å². The summed E-state index contributed by atoms with van der Waals surface area (Å²) in [5.41, 5.74) is 2.51. The van der Waals surface area contributed by atoms with Crippen molar-refractivity contribution < 1.29 is 0 Å². The Kier molecular flexibility index (Phi) is 2.64. The summed E-state index contributed by atoms with van der Waals surface area (Å²) in [6.07, 6.45) is 0. The maximum absolute atomic E-state index is 4.65. The molecular formula is C12H15NS. The van der Waals surface area contributed by atoms with Crippen molar-refractivity contribution in [3.8, 4) is 0 Å². The van der Waals surface area contributed by atoms with Crippen molar-refractivity contribution in [3.63, 3.8) is 0 Å². The molecule has 0 radical (unpaired) electrons. The second kappa shape index (κ2) is 3.77. The van der Waals surface area contributed by atoms with E-state index in [2.05, 4.69) is 43.1 Å². The molecule has 0 N–H and O–H groups in total. The van der Waals surface area contributed by atoms with Gasteiger partial charge in [0.25, 0.3) is 0 Å². The van der Waals surface area contributed by atoms with Gasteiger partial charge in [-0.25, -0.2) is 0 Å². The van der Waals surface area contributed by atoms with Crippen LogP contribution in [-0.2, 0) is 0 Å². The molecule has 0 fully saturated rings. The number of aliphatic imine (C=N–C) groups is 1. The summed E-state index contributed by atoms with van der Waals surface area (Å²) in [7, 11) is 0. The fourth-order valence-electron chi connectivity index (χ4n) is 1.75. The Morgan fingerprint density at radius 2 is 1.93 bits per heavy atom. The largest absolute Gasteiger partial charge is 0.287 e. The van der Waals surface area contributed by atoms with Gasteiger partial charge in [0.2, 0.25) is 0 Å². The summed E-state index contributed by atoms with van der Waals surface area (Å²) in [6, 6.07) is 10.5. The summed E-state index contributed by atoms with van der Waals surface area (Å²) in [6.45, 7) is 5.46. The van der Waals surface area contributed by atoms with Crippen LogP contribution in [-0.4, -0.2) is 22.8 Å². The Morgan fingerprint density at radius 3 is 2.57 bits per heavy atom. The zero-order valence-corrected chi connectivity index (χ0v) is 9.47.